The molecule has 2 aromatic rings. The van der Waals surface area contributed by atoms with Crippen molar-refractivity contribution >= 4 is 22.6 Å². The molecule has 0 saturated heterocycles. The molecule has 0 saturated carbocycles. The van der Waals surface area contributed by atoms with E-state index in [0.29, 0.717) is 5.92 Å². The Kier molecular flexibility index (Phi) is 3.64. The van der Waals surface area contributed by atoms with Crippen LogP contribution in [0.15, 0.2) is 48.5 Å². The maximum atomic E-state index is 2.40. The van der Waals surface area contributed by atoms with Gasteiger partial charge in [-0.25, -0.2) is 0 Å². The molecule has 0 spiro atoms. The Morgan fingerprint density at radius 1 is 0.812 bits per heavy atom. The van der Waals surface area contributed by atoms with E-state index in [4.69, 9.17) is 0 Å². The van der Waals surface area contributed by atoms with Gasteiger partial charge in [-0.3, -0.25) is 0 Å². The summed E-state index contributed by atoms with van der Waals surface area (Å²) < 4.78 is 1.31. The van der Waals surface area contributed by atoms with Crippen molar-refractivity contribution in [1.29, 1.82) is 0 Å². The van der Waals surface area contributed by atoms with E-state index in [-0.39, 0.29) is 0 Å². The van der Waals surface area contributed by atoms with Gasteiger partial charge in [-0.15, -0.1) is 0 Å². The summed E-state index contributed by atoms with van der Waals surface area (Å²) >= 11 is 2.40. The van der Waals surface area contributed by atoms with Gasteiger partial charge < -0.3 is 0 Å². The molecule has 0 fully saturated rings. The smallest absolute Gasteiger partial charge is 0.0208 e. The average molecular weight is 322 g/mol. The molecular weight excluding hydrogens is 307 g/mol. The fourth-order valence-electron chi connectivity index (χ4n) is 1.93. The molecule has 0 N–H and O–H groups in total. The third-order valence-corrected chi connectivity index (χ3v) is 3.69. The van der Waals surface area contributed by atoms with Crippen LogP contribution in [0, 0.1) is 3.57 Å². The second-order valence-corrected chi connectivity index (χ2v) is 5.38. The van der Waals surface area contributed by atoms with Crippen LogP contribution in [-0.2, 0) is 0 Å². The zero-order chi connectivity index (χ0) is 11.5. The van der Waals surface area contributed by atoms with Crippen LogP contribution in [-0.4, -0.2) is 0 Å². The lowest BCUT2D eigenvalue weighted by molar-refractivity contribution is 0.869. The van der Waals surface area contributed by atoms with Crippen molar-refractivity contribution in [2.24, 2.45) is 0 Å². The zero-order valence-corrected chi connectivity index (χ0v) is 11.7. The van der Waals surface area contributed by atoms with Crippen molar-refractivity contribution < 1.29 is 0 Å². The van der Waals surface area contributed by atoms with Gasteiger partial charge in [0.25, 0.3) is 0 Å². The van der Waals surface area contributed by atoms with E-state index >= 15 is 0 Å². The van der Waals surface area contributed by atoms with E-state index in [2.05, 4.69) is 85.0 Å². The monoisotopic (exact) mass is 322 g/mol. The molecular formula is C15H15I. The summed E-state index contributed by atoms with van der Waals surface area (Å²) in [6.07, 6.45) is 0. The van der Waals surface area contributed by atoms with Gasteiger partial charge in [-0.2, -0.15) is 0 Å². The molecule has 0 aliphatic heterocycles. The maximum absolute atomic E-state index is 2.40. The van der Waals surface area contributed by atoms with Crippen LogP contribution in [0.25, 0.3) is 11.1 Å². The van der Waals surface area contributed by atoms with Gasteiger partial charge in [0, 0.05) is 3.57 Å². The summed E-state index contributed by atoms with van der Waals surface area (Å²) in [6, 6.07) is 17.2. The minimum Gasteiger partial charge on any atom is -0.0619 e. The molecule has 16 heavy (non-hydrogen) atoms. The van der Waals surface area contributed by atoms with E-state index in [1.54, 1.807) is 0 Å². The fourth-order valence-corrected chi connectivity index (χ4v) is 2.60. The first kappa shape index (κ1) is 11.6. The van der Waals surface area contributed by atoms with Gasteiger partial charge in [0.2, 0.25) is 0 Å². The molecule has 0 radical (unpaired) electrons. The molecule has 0 bridgehead atoms. The van der Waals surface area contributed by atoms with E-state index < -0.39 is 0 Å². The molecule has 0 aliphatic rings. The molecule has 0 heterocycles. The lowest BCUT2D eigenvalue weighted by Gasteiger charge is -2.13. The Hall–Kier alpha value is -0.830. The number of hydrogen-bond acceptors (Lipinski definition) is 0. The third kappa shape index (κ3) is 2.29. The highest BCUT2D eigenvalue weighted by Gasteiger charge is 2.09. The Labute approximate surface area is 111 Å². The van der Waals surface area contributed by atoms with Crippen LogP contribution >= 0.6 is 22.6 Å². The quantitative estimate of drug-likeness (QED) is 0.676. The number of rotatable bonds is 2. The summed E-state index contributed by atoms with van der Waals surface area (Å²) in [4.78, 5) is 0. The Morgan fingerprint density at radius 2 is 1.38 bits per heavy atom. The molecule has 0 aliphatic carbocycles. The van der Waals surface area contributed by atoms with E-state index in [9.17, 15) is 0 Å². The van der Waals surface area contributed by atoms with E-state index in [0.717, 1.165) is 0 Å². The maximum Gasteiger partial charge on any atom is 0.0208 e. The van der Waals surface area contributed by atoms with Gasteiger partial charge in [-0.05, 0) is 51.3 Å². The Balaban J connectivity index is 2.60. The molecule has 0 atom stereocenters. The highest BCUT2D eigenvalue weighted by Crippen LogP contribution is 2.31. The first-order valence-corrected chi connectivity index (χ1v) is 6.62. The molecule has 0 aromatic heterocycles. The van der Waals surface area contributed by atoms with Crippen molar-refractivity contribution in [3.8, 4) is 11.1 Å². The van der Waals surface area contributed by atoms with Crippen LogP contribution in [0.5, 0.6) is 0 Å². The van der Waals surface area contributed by atoms with Crippen LogP contribution in [0.3, 0.4) is 0 Å². The largest absolute Gasteiger partial charge is 0.0619 e. The summed E-state index contributed by atoms with van der Waals surface area (Å²) in [5.74, 6) is 0.562. The minimum atomic E-state index is 0.562. The summed E-state index contributed by atoms with van der Waals surface area (Å²) in [5, 5.41) is 0. The van der Waals surface area contributed by atoms with Crippen molar-refractivity contribution in [3.63, 3.8) is 0 Å². The van der Waals surface area contributed by atoms with Crippen LogP contribution in [0.2, 0.25) is 0 Å². The van der Waals surface area contributed by atoms with Crippen LogP contribution < -0.4 is 0 Å². The number of benzene rings is 2. The molecule has 2 aromatic carbocycles. The Morgan fingerprint density at radius 3 is 2.00 bits per heavy atom. The number of hydrogen-bond donors (Lipinski definition) is 0. The van der Waals surface area contributed by atoms with Crippen LogP contribution in [0.1, 0.15) is 25.3 Å². The third-order valence-electron chi connectivity index (χ3n) is 2.75. The van der Waals surface area contributed by atoms with Crippen LogP contribution in [0.4, 0.5) is 0 Å². The first-order chi connectivity index (χ1) is 7.70. The number of halogens is 1. The van der Waals surface area contributed by atoms with Gasteiger partial charge in [0.1, 0.15) is 0 Å². The van der Waals surface area contributed by atoms with E-state index in [1.807, 2.05) is 0 Å². The average Bonchev–Trinajstić information content (AvgIpc) is 2.29. The predicted octanol–water partition coefficient (Wildman–Crippen LogP) is 5.08. The van der Waals surface area contributed by atoms with Gasteiger partial charge in [0.15, 0.2) is 0 Å². The summed E-state index contributed by atoms with van der Waals surface area (Å²) in [7, 11) is 0. The van der Waals surface area contributed by atoms with Crippen molar-refractivity contribution in [2.45, 2.75) is 19.8 Å². The summed E-state index contributed by atoms with van der Waals surface area (Å²) in [6.45, 7) is 4.49. The molecule has 0 nitrogen and oxygen atoms in total. The Bertz CT molecular complexity index is 486. The highest BCUT2D eigenvalue weighted by molar-refractivity contribution is 14.1. The van der Waals surface area contributed by atoms with Gasteiger partial charge in [0.05, 0.1) is 0 Å². The standard InChI is InChI=1S/C15H15I/c1-11(2)12-7-3-4-8-13(12)14-9-5-6-10-15(14)16/h3-11H,1-2H3. The lowest BCUT2D eigenvalue weighted by atomic mass is 9.93. The van der Waals surface area contributed by atoms with Gasteiger partial charge in [-0.1, -0.05) is 56.3 Å². The second-order valence-electron chi connectivity index (χ2n) is 4.22. The lowest BCUT2D eigenvalue weighted by Crippen LogP contribution is -1.93. The minimum absolute atomic E-state index is 0.562. The highest BCUT2D eigenvalue weighted by atomic mass is 127. The van der Waals surface area contributed by atoms with Crippen molar-refractivity contribution in [1.82, 2.24) is 0 Å². The second kappa shape index (κ2) is 5.00. The van der Waals surface area contributed by atoms with Gasteiger partial charge >= 0.3 is 0 Å². The molecule has 82 valence electrons. The molecule has 1 heteroatoms. The molecule has 0 unspecified atom stereocenters. The fraction of sp³-hybridized carbons (Fsp3) is 0.200. The molecule has 0 amide bonds. The summed E-state index contributed by atoms with van der Waals surface area (Å²) in [5.41, 5.74) is 4.13. The van der Waals surface area contributed by atoms with E-state index in [1.165, 1.54) is 20.3 Å². The predicted molar refractivity (Wildman–Crippen MR) is 78.7 cm³/mol. The first-order valence-electron chi connectivity index (χ1n) is 5.54. The normalized spacial score (nSPS) is 10.8. The van der Waals surface area contributed by atoms with Crippen molar-refractivity contribution in [2.75, 3.05) is 0 Å². The van der Waals surface area contributed by atoms with Crippen molar-refractivity contribution in [3.05, 3.63) is 57.7 Å². The zero-order valence-electron chi connectivity index (χ0n) is 9.57. The molecule has 2 rings (SSSR count). The SMILES string of the molecule is CC(C)c1ccccc1-c1ccccc1I. The topological polar surface area (TPSA) is 0 Å².